The highest BCUT2D eigenvalue weighted by Gasteiger charge is 2.20. The number of carbonyl (C=O) groups is 1. The van der Waals surface area contributed by atoms with Crippen molar-refractivity contribution in [1.29, 1.82) is 0 Å². The van der Waals surface area contributed by atoms with Gasteiger partial charge in [0.05, 0.1) is 0 Å². The van der Waals surface area contributed by atoms with E-state index in [9.17, 15) is 4.79 Å². The molecule has 0 unspecified atom stereocenters. The van der Waals surface area contributed by atoms with Crippen LogP contribution in [0.5, 0.6) is 0 Å². The first-order valence-corrected chi connectivity index (χ1v) is 10.6. The lowest BCUT2D eigenvalue weighted by atomic mass is 10.1. The van der Waals surface area contributed by atoms with E-state index in [1.807, 2.05) is 16.7 Å². The van der Waals surface area contributed by atoms with Gasteiger partial charge in [-0.3, -0.25) is 4.79 Å². The number of amides is 1. The Hall–Kier alpha value is -3.13. The number of nitrogens with one attached hydrogen (secondary N) is 2. The molecule has 0 atom stereocenters. The number of nitrogens with two attached hydrogens (primary N) is 1. The number of hydrogen-bond acceptors (Lipinski definition) is 6. The van der Waals surface area contributed by atoms with Crippen LogP contribution < -0.4 is 21.3 Å². The number of carbonyl (C=O) groups excluding carboxylic acids is 1. The van der Waals surface area contributed by atoms with E-state index in [4.69, 9.17) is 10.7 Å². The second-order valence-electron chi connectivity index (χ2n) is 7.62. The van der Waals surface area contributed by atoms with Gasteiger partial charge in [0, 0.05) is 55.2 Å². The lowest BCUT2D eigenvalue weighted by Gasteiger charge is -2.29. The molecule has 1 fully saturated rings. The number of rotatable bonds is 7. The zero-order chi connectivity index (χ0) is 21.1. The van der Waals surface area contributed by atoms with Crippen LogP contribution in [-0.2, 0) is 0 Å². The fraction of sp³-hybridized carbons (Fsp3) is 0.409. The molecule has 3 aromatic rings. The topological polar surface area (TPSA) is 101 Å². The monoisotopic (exact) mass is 407 g/mol. The Morgan fingerprint density at radius 3 is 2.53 bits per heavy atom. The molecular formula is C22H29N7O. The third-order valence-electron chi connectivity index (χ3n) is 5.74. The molecule has 1 aliphatic heterocycles. The van der Waals surface area contributed by atoms with Gasteiger partial charge in [0.1, 0.15) is 11.3 Å². The van der Waals surface area contributed by atoms with Gasteiger partial charge in [-0.2, -0.15) is 4.98 Å². The maximum absolute atomic E-state index is 12.0. The molecule has 30 heavy (non-hydrogen) atoms. The van der Waals surface area contributed by atoms with Crippen LogP contribution in [-0.4, -0.2) is 46.6 Å². The summed E-state index contributed by atoms with van der Waals surface area (Å²) < 4.78 is 1.96. The van der Waals surface area contributed by atoms with Gasteiger partial charge < -0.3 is 25.8 Å². The summed E-state index contributed by atoms with van der Waals surface area (Å²) >= 11 is 0. The Kier molecular flexibility index (Phi) is 5.85. The lowest BCUT2D eigenvalue weighted by molar-refractivity contribution is 0.0989. The van der Waals surface area contributed by atoms with Crippen molar-refractivity contribution in [1.82, 2.24) is 19.9 Å². The first-order valence-electron chi connectivity index (χ1n) is 10.6. The summed E-state index contributed by atoms with van der Waals surface area (Å²) in [5.74, 6) is 0.0525. The molecule has 0 aliphatic carbocycles. The summed E-state index contributed by atoms with van der Waals surface area (Å²) in [6.07, 6.45) is 3.52. The Morgan fingerprint density at radius 2 is 1.90 bits per heavy atom. The molecule has 158 valence electrons. The third kappa shape index (κ3) is 3.95. The Morgan fingerprint density at radius 1 is 1.20 bits per heavy atom. The molecule has 1 saturated heterocycles. The van der Waals surface area contributed by atoms with Crippen LogP contribution in [0.1, 0.15) is 43.2 Å². The molecular weight excluding hydrogens is 378 g/mol. The average Bonchev–Trinajstić information content (AvgIpc) is 3.15. The molecule has 1 aliphatic rings. The van der Waals surface area contributed by atoms with Crippen LogP contribution in [0.2, 0.25) is 0 Å². The number of anilines is 3. The molecule has 0 bridgehead atoms. The number of nitrogens with zero attached hydrogens (tertiary/aromatic N) is 4. The maximum Gasteiger partial charge on any atom is 0.265 e. The van der Waals surface area contributed by atoms with Gasteiger partial charge in [-0.15, -0.1) is 0 Å². The summed E-state index contributed by atoms with van der Waals surface area (Å²) in [5, 5.41) is 7.47. The highest BCUT2D eigenvalue weighted by Crippen LogP contribution is 2.28. The van der Waals surface area contributed by atoms with E-state index >= 15 is 0 Å². The van der Waals surface area contributed by atoms with E-state index < -0.39 is 5.91 Å². The number of hydrogen-bond donors (Lipinski definition) is 3. The second-order valence-corrected chi connectivity index (χ2v) is 7.62. The normalized spacial score (nSPS) is 14.4. The highest BCUT2D eigenvalue weighted by atomic mass is 16.1. The van der Waals surface area contributed by atoms with Crippen molar-refractivity contribution in [3.63, 3.8) is 0 Å². The van der Waals surface area contributed by atoms with Crippen LogP contribution in [0.25, 0.3) is 11.0 Å². The van der Waals surface area contributed by atoms with Crippen molar-refractivity contribution < 1.29 is 4.79 Å². The van der Waals surface area contributed by atoms with E-state index in [-0.39, 0.29) is 6.04 Å². The second kappa shape index (κ2) is 8.71. The Bertz CT molecular complexity index is 1020. The summed E-state index contributed by atoms with van der Waals surface area (Å²) in [4.78, 5) is 23.5. The minimum absolute atomic E-state index is 0.158. The van der Waals surface area contributed by atoms with Gasteiger partial charge >= 0.3 is 0 Å². The number of aromatic nitrogens is 3. The standard InChI is InChI=1S/C22H29N7O/c1-3-17(4-2)29-19(20(23)30)13-15-14-25-22(27-21(15)29)26-16-5-7-18(8-6-16)28-11-9-24-10-12-28/h5-8,13-14,17,24H,3-4,9-12H2,1-2H3,(H2,23,30)(H,25,26,27). The van der Waals surface area contributed by atoms with Crippen molar-refractivity contribution >= 4 is 34.3 Å². The summed E-state index contributed by atoms with van der Waals surface area (Å²) in [5.41, 5.74) is 8.97. The first-order chi connectivity index (χ1) is 14.6. The maximum atomic E-state index is 12.0. The molecule has 8 heteroatoms. The van der Waals surface area contributed by atoms with Gasteiger partial charge in [-0.1, -0.05) is 13.8 Å². The van der Waals surface area contributed by atoms with E-state index in [1.54, 1.807) is 12.3 Å². The largest absolute Gasteiger partial charge is 0.369 e. The first kappa shape index (κ1) is 20.2. The fourth-order valence-corrected chi connectivity index (χ4v) is 4.09. The van der Waals surface area contributed by atoms with Crippen molar-refractivity contribution in [2.45, 2.75) is 32.7 Å². The van der Waals surface area contributed by atoms with Crippen LogP contribution in [0.3, 0.4) is 0 Å². The molecule has 4 N–H and O–H groups in total. The lowest BCUT2D eigenvalue weighted by Crippen LogP contribution is -2.43. The minimum Gasteiger partial charge on any atom is -0.369 e. The average molecular weight is 408 g/mol. The Balaban J connectivity index is 1.61. The van der Waals surface area contributed by atoms with E-state index in [2.05, 4.69) is 46.5 Å². The van der Waals surface area contributed by atoms with Crippen molar-refractivity contribution in [2.75, 3.05) is 36.4 Å². The predicted molar refractivity (Wildman–Crippen MR) is 120 cm³/mol. The molecule has 0 saturated carbocycles. The minimum atomic E-state index is -0.446. The van der Waals surface area contributed by atoms with Gasteiger partial charge in [-0.25, -0.2) is 4.98 Å². The van der Waals surface area contributed by atoms with Crippen LogP contribution >= 0.6 is 0 Å². The molecule has 8 nitrogen and oxygen atoms in total. The van der Waals surface area contributed by atoms with Gasteiger partial charge in [-0.05, 0) is 43.2 Å². The Labute approximate surface area is 176 Å². The van der Waals surface area contributed by atoms with Crippen LogP contribution in [0.4, 0.5) is 17.3 Å². The molecule has 0 spiro atoms. The van der Waals surface area contributed by atoms with Gasteiger partial charge in [0.15, 0.2) is 0 Å². The van der Waals surface area contributed by atoms with Crippen LogP contribution in [0, 0.1) is 0 Å². The molecule has 4 rings (SSSR count). The summed E-state index contributed by atoms with van der Waals surface area (Å²) in [6.45, 7) is 8.26. The zero-order valence-corrected chi connectivity index (χ0v) is 17.6. The number of fused-ring (bicyclic) bond motifs is 1. The van der Waals surface area contributed by atoms with E-state index in [0.717, 1.165) is 55.7 Å². The van der Waals surface area contributed by atoms with Crippen molar-refractivity contribution in [3.05, 3.63) is 42.2 Å². The van der Waals surface area contributed by atoms with Crippen molar-refractivity contribution in [3.8, 4) is 0 Å². The highest BCUT2D eigenvalue weighted by molar-refractivity contribution is 5.97. The molecule has 3 heterocycles. The van der Waals surface area contributed by atoms with E-state index in [0.29, 0.717) is 11.6 Å². The smallest absolute Gasteiger partial charge is 0.265 e. The number of primary amides is 1. The molecule has 2 aromatic heterocycles. The van der Waals surface area contributed by atoms with Gasteiger partial charge in [0.25, 0.3) is 5.91 Å². The fourth-order valence-electron chi connectivity index (χ4n) is 4.09. The SMILES string of the molecule is CCC(CC)n1c(C(N)=O)cc2cnc(Nc3ccc(N4CCNCC4)cc3)nc21. The quantitative estimate of drug-likeness (QED) is 0.556. The van der Waals surface area contributed by atoms with Crippen molar-refractivity contribution in [2.24, 2.45) is 5.73 Å². The predicted octanol–water partition coefficient (Wildman–Crippen LogP) is 3.04. The molecule has 1 aromatic carbocycles. The zero-order valence-electron chi connectivity index (χ0n) is 17.6. The summed E-state index contributed by atoms with van der Waals surface area (Å²) in [6, 6.07) is 10.3. The van der Waals surface area contributed by atoms with Crippen LogP contribution in [0.15, 0.2) is 36.5 Å². The number of piperazine rings is 1. The van der Waals surface area contributed by atoms with Gasteiger partial charge in [0.2, 0.25) is 5.95 Å². The molecule has 0 radical (unpaired) electrons. The van der Waals surface area contributed by atoms with E-state index in [1.165, 1.54) is 5.69 Å². The third-order valence-corrected chi connectivity index (χ3v) is 5.74. The number of benzene rings is 1. The molecule has 1 amide bonds. The summed E-state index contributed by atoms with van der Waals surface area (Å²) in [7, 11) is 0.